The fourth-order valence-corrected chi connectivity index (χ4v) is 3.34. The van der Waals surface area contributed by atoms with Crippen LogP contribution in [-0.2, 0) is 4.74 Å². The zero-order chi connectivity index (χ0) is 15.3. The van der Waals surface area contributed by atoms with Crippen LogP contribution in [0, 0.1) is 13.8 Å². The number of hydrogen-bond acceptors (Lipinski definition) is 2. The highest BCUT2D eigenvalue weighted by Crippen LogP contribution is 2.32. The Morgan fingerprint density at radius 1 is 1.24 bits per heavy atom. The first-order valence-corrected chi connectivity index (χ1v) is 8.11. The first kappa shape index (κ1) is 16.2. The molecular formula is C17H26N2OS. The van der Waals surface area contributed by atoms with E-state index in [-0.39, 0.29) is 5.54 Å². The zero-order valence-corrected chi connectivity index (χ0v) is 14.1. The molecule has 1 aromatic carbocycles. The van der Waals surface area contributed by atoms with Gasteiger partial charge in [-0.3, -0.25) is 0 Å². The standard InChI is InChI=1S/C17H26N2OS/c1-13-6-7-15(12-14(13)2)18-16(21)19-17(10-11-20-3)8-4-5-9-17/h6-7,12H,4-5,8-11H2,1-3H3,(H2,18,19,21). The number of thiocarbonyl (C=S) groups is 1. The summed E-state index contributed by atoms with van der Waals surface area (Å²) in [7, 11) is 1.76. The molecule has 0 bridgehead atoms. The Labute approximate surface area is 133 Å². The minimum absolute atomic E-state index is 0.111. The number of methoxy groups -OCH3 is 1. The molecule has 0 aromatic heterocycles. The topological polar surface area (TPSA) is 33.3 Å². The van der Waals surface area contributed by atoms with Crippen LogP contribution in [0.2, 0.25) is 0 Å². The van der Waals surface area contributed by atoms with Crippen LogP contribution < -0.4 is 10.6 Å². The quantitative estimate of drug-likeness (QED) is 0.807. The number of nitrogens with one attached hydrogen (secondary N) is 2. The number of rotatable bonds is 5. The van der Waals surface area contributed by atoms with Gasteiger partial charge in [0.05, 0.1) is 0 Å². The van der Waals surface area contributed by atoms with Crippen molar-refractivity contribution in [1.82, 2.24) is 5.32 Å². The second-order valence-electron chi connectivity index (χ2n) is 6.11. The first-order valence-electron chi connectivity index (χ1n) is 7.70. The molecule has 0 amide bonds. The van der Waals surface area contributed by atoms with Gasteiger partial charge in [-0.25, -0.2) is 0 Å². The largest absolute Gasteiger partial charge is 0.385 e. The van der Waals surface area contributed by atoms with Crippen molar-refractivity contribution in [2.75, 3.05) is 19.0 Å². The highest BCUT2D eigenvalue weighted by atomic mass is 32.1. The van der Waals surface area contributed by atoms with Crippen molar-refractivity contribution in [3.05, 3.63) is 29.3 Å². The summed E-state index contributed by atoms with van der Waals surface area (Å²) in [4.78, 5) is 0. The third kappa shape index (κ3) is 4.42. The molecule has 1 aliphatic carbocycles. The van der Waals surface area contributed by atoms with Crippen LogP contribution >= 0.6 is 12.2 Å². The van der Waals surface area contributed by atoms with Crippen LogP contribution in [0.3, 0.4) is 0 Å². The first-order chi connectivity index (χ1) is 10.0. The Kier molecular flexibility index (Phi) is 5.59. The molecule has 0 aliphatic heterocycles. The molecule has 21 heavy (non-hydrogen) atoms. The summed E-state index contributed by atoms with van der Waals surface area (Å²) in [5.41, 5.74) is 3.74. The van der Waals surface area contributed by atoms with Gasteiger partial charge in [-0.2, -0.15) is 0 Å². The Balaban J connectivity index is 1.97. The monoisotopic (exact) mass is 306 g/mol. The van der Waals surface area contributed by atoms with E-state index in [1.54, 1.807) is 7.11 Å². The summed E-state index contributed by atoms with van der Waals surface area (Å²) < 4.78 is 5.25. The van der Waals surface area contributed by atoms with Crippen LogP contribution in [0.15, 0.2) is 18.2 Å². The molecule has 1 aromatic rings. The van der Waals surface area contributed by atoms with Crippen molar-refractivity contribution in [2.24, 2.45) is 0 Å². The van der Waals surface area contributed by atoms with E-state index in [4.69, 9.17) is 17.0 Å². The lowest BCUT2D eigenvalue weighted by Crippen LogP contribution is -2.48. The molecule has 0 radical (unpaired) electrons. The fraction of sp³-hybridized carbons (Fsp3) is 0.588. The zero-order valence-electron chi connectivity index (χ0n) is 13.3. The van der Waals surface area contributed by atoms with E-state index in [1.165, 1.54) is 36.8 Å². The Morgan fingerprint density at radius 3 is 2.57 bits per heavy atom. The molecule has 1 aliphatic rings. The van der Waals surface area contributed by atoms with Crippen molar-refractivity contribution in [3.63, 3.8) is 0 Å². The Hall–Kier alpha value is -1.13. The second kappa shape index (κ2) is 7.23. The lowest BCUT2D eigenvalue weighted by Gasteiger charge is -2.31. The molecule has 116 valence electrons. The summed E-state index contributed by atoms with van der Waals surface area (Å²) >= 11 is 5.51. The van der Waals surface area contributed by atoms with Crippen LogP contribution in [0.4, 0.5) is 5.69 Å². The van der Waals surface area contributed by atoms with Crippen molar-refractivity contribution in [2.45, 2.75) is 51.5 Å². The van der Waals surface area contributed by atoms with Gasteiger partial charge >= 0.3 is 0 Å². The van der Waals surface area contributed by atoms with E-state index in [9.17, 15) is 0 Å². The summed E-state index contributed by atoms with van der Waals surface area (Å²) in [6.45, 7) is 5.02. The fourth-order valence-electron chi connectivity index (χ4n) is 3.01. The minimum atomic E-state index is 0.111. The van der Waals surface area contributed by atoms with Gasteiger partial charge in [-0.1, -0.05) is 18.9 Å². The molecule has 3 nitrogen and oxygen atoms in total. The molecule has 2 N–H and O–H groups in total. The molecule has 1 saturated carbocycles. The van der Waals surface area contributed by atoms with E-state index in [2.05, 4.69) is 42.7 Å². The Morgan fingerprint density at radius 2 is 1.95 bits per heavy atom. The van der Waals surface area contributed by atoms with Gasteiger partial charge in [-0.15, -0.1) is 0 Å². The maximum Gasteiger partial charge on any atom is 0.171 e. The van der Waals surface area contributed by atoms with Gasteiger partial charge in [0.15, 0.2) is 5.11 Å². The summed E-state index contributed by atoms with van der Waals surface area (Å²) in [6.07, 6.45) is 5.89. The number of hydrogen-bond donors (Lipinski definition) is 2. The normalized spacial score (nSPS) is 16.7. The van der Waals surface area contributed by atoms with Crippen LogP contribution in [0.25, 0.3) is 0 Å². The summed E-state index contributed by atoms with van der Waals surface area (Å²) in [5.74, 6) is 0. The number of aryl methyl sites for hydroxylation is 2. The molecule has 0 heterocycles. The van der Waals surface area contributed by atoms with Gasteiger partial charge < -0.3 is 15.4 Å². The van der Waals surface area contributed by atoms with E-state index >= 15 is 0 Å². The molecule has 1 fully saturated rings. The van der Waals surface area contributed by atoms with Crippen molar-refractivity contribution in [3.8, 4) is 0 Å². The van der Waals surface area contributed by atoms with E-state index in [0.29, 0.717) is 0 Å². The summed E-state index contributed by atoms with van der Waals surface area (Å²) in [6, 6.07) is 6.34. The van der Waals surface area contributed by atoms with E-state index in [1.807, 2.05) is 0 Å². The summed E-state index contributed by atoms with van der Waals surface area (Å²) in [5, 5.41) is 7.59. The number of benzene rings is 1. The number of ether oxygens (including phenoxy) is 1. The molecule has 0 saturated heterocycles. The average Bonchev–Trinajstić information content (AvgIpc) is 2.89. The van der Waals surface area contributed by atoms with Crippen LogP contribution in [-0.4, -0.2) is 24.4 Å². The van der Waals surface area contributed by atoms with Crippen molar-refractivity contribution in [1.29, 1.82) is 0 Å². The SMILES string of the molecule is COCCC1(NC(=S)Nc2ccc(C)c(C)c2)CCCC1. The molecular weight excluding hydrogens is 280 g/mol. The predicted molar refractivity (Wildman–Crippen MR) is 93.0 cm³/mol. The van der Waals surface area contributed by atoms with Crippen molar-refractivity contribution < 1.29 is 4.74 Å². The number of anilines is 1. The van der Waals surface area contributed by atoms with E-state index in [0.717, 1.165) is 23.8 Å². The second-order valence-corrected chi connectivity index (χ2v) is 6.52. The highest BCUT2D eigenvalue weighted by molar-refractivity contribution is 7.80. The minimum Gasteiger partial charge on any atom is -0.385 e. The van der Waals surface area contributed by atoms with Gasteiger partial charge in [0.2, 0.25) is 0 Å². The lowest BCUT2D eigenvalue weighted by molar-refractivity contribution is 0.163. The van der Waals surface area contributed by atoms with E-state index < -0.39 is 0 Å². The molecule has 2 rings (SSSR count). The third-order valence-corrected chi connectivity index (χ3v) is 4.69. The average molecular weight is 306 g/mol. The Bertz CT molecular complexity index is 496. The van der Waals surface area contributed by atoms with Crippen LogP contribution in [0.1, 0.15) is 43.2 Å². The third-order valence-electron chi connectivity index (χ3n) is 4.49. The van der Waals surface area contributed by atoms with Gasteiger partial charge in [0.1, 0.15) is 0 Å². The van der Waals surface area contributed by atoms with Gasteiger partial charge in [0.25, 0.3) is 0 Å². The molecule has 4 heteroatoms. The molecule has 0 spiro atoms. The van der Waals surface area contributed by atoms with Crippen LogP contribution in [0.5, 0.6) is 0 Å². The van der Waals surface area contributed by atoms with Gasteiger partial charge in [-0.05, 0) is 68.6 Å². The maximum absolute atomic E-state index is 5.51. The molecule has 0 unspecified atom stereocenters. The predicted octanol–water partition coefficient (Wildman–Crippen LogP) is 3.94. The smallest absolute Gasteiger partial charge is 0.171 e. The molecule has 0 atom stereocenters. The van der Waals surface area contributed by atoms with Gasteiger partial charge in [0, 0.05) is 24.9 Å². The highest BCUT2D eigenvalue weighted by Gasteiger charge is 2.33. The van der Waals surface area contributed by atoms with Crippen molar-refractivity contribution >= 4 is 23.0 Å². The lowest BCUT2D eigenvalue weighted by atomic mass is 9.94. The maximum atomic E-state index is 5.51.